The third kappa shape index (κ3) is 3.09. The molecule has 2 fully saturated rings. The lowest BCUT2D eigenvalue weighted by molar-refractivity contribution is -0.103. The molecular formula is C16H21ClFNO2. The van der Waals surface area contributed by atoms with Gasteiger partial charge in [0.2, 0.25) is 0 Å². The number of ether oxygens (including phenoxy) is 2. The van der Waals surface area contributed by atoms with Crippen LogP contribution >= 0.6 is 11.6 Å². The highest BCUT2D eigenvalue weighted by atomic mass is 35.5. The number of benzene rings is 1. The third-order valence-electron chi connectivity index (χ3n) is 4.68. The molecule has 21 heavy (non-hydrogen) atoms. The molecule has 3 rings (SSSR count). The molecule has 1 aromatic carbocycles. The molecule has 2 saturated heterocycles. The lowest BCUT2D eigenvalue weighted by atomic mass is 9.79. The SMILES string of the molecule is CNC(c1ccc(Cl)cc1F)C1CCOC2(CCOC2)C1. The van der Waals surface area contributed by atoms with E-state index in [0.717, 1.165) is 25.9 Å². The van der Waals surface area contributed by atoms with Crippen LogP contribution in [0.4, 0.5) is 4.39 Å². The van der Waals surface area contributed by atoms with Crippen LogP contribution in [0.15, 0.2) is 18.2 Å². The maximum atomic E-state index is 14.2. The Bertz CT molecular complexity index is 505. The van der Waals surface area contributed by atoms with E-state index in [-0.39, 0.29) is 17.5 Å². The maximum Gasteiger partial charge on any atom is 0.129 e. The van der Waals surface area contributed by atoms with Gasteiger partial charge in [-0.2, -0.15) is 0 Å². The first-order chi connectivity index (χ1) is 10.1. The van der Waals surface area contributed by atoms with E-state index >= 15 is 0 Å². The Morgan fingerprint density at radius 2 is 2.29 bits per heavy atom. The lowest BCUT2D eigenvalue weighted by Crippen LogP contribution is -2.43. The van der Waals surface area contributed by atoms with E-state index < -0.39 is 0 Å². The van der Waals surface area contributed by atoms with Crippen molar-refractivity contribution < 1.29 is 13.9 Å². The average molecular weight is 314 g/mol. The Morgan fingerprint density at radius 3 is 2.95 bits per heavy atom. The minimum atomic E-state index is -0.245. The van der Waals surface area contributed by atoms with Crippen LogP contribution in [0.5, 0.6) is 0 Å². The highest BCUT2D eigenvalue weighted by molar-refractivity contribution is 6.30. The predicted octanol–water partition coefficient (Wildman–Crippen LogP) is 3.33. The zero-order chi connectivity index (χ0) is 14.9. The van der Waals surface area contributed by atoms with Crippen LogP contribution in [-0.2, 0) is 9.47 Å². The molecule has 2 aliphatic heterocycles. The summed E-state index contributed by atoms with van der Waals surface area (Å²) in [5, 5.41) is 3.70. The molecule has 1 N–H and O–H groups in total. The Labute approximate surface area is 129 Å². The second kappa shape index (κ2) is 6.21. The first-order valence-electron chi connectivity index (χ1n) is 7.47. The lowest BCUT2D eigenvalue weighted by Gasteiger charge is -2.40. The second-order valence-electron chi connectivity index (χ2n) is 6.02. The van der Waals surface area contributed by atoms with Crippen LogP contribution < -0.4 is 5.32 Å². The van der Waals surface area contributed by atoms with Crippen LogP contribution in [0, 0.1) is 11.7 Å². The van der Waals surface area contributed by atoms with E-state index in [9.17, 15) is 4.39 Å². The normalized spacial score (nSPS) is 30.7. The summed E-state index contributed by atoms with van der Waals surface area (Å²) in [5.74, 6) is 0.0891. The van der Waals surface area contributed by atoms with Gasteiger partial charge in [0.1, 0.15) is 5.82 Å². The van der Waals surface area contributed by atoms with Crippen molar-refractivity contribution in [2.24, 2.45) is 5.92 Å². The molecule has 0 aliphatic carbocycles. The Hall–Kier alpha value is -0.680. The fourth-order valence-corrected chi connectivity index (χ4v) is 3.77. The molecule has 0 radical (unpaired) electrons. The summed E-state index contributed by atoms with van der Waals surface area (Å²) in [5.41, 5.74) is 0.517. The zero-order valence-corrected chi connectivity index (χ0v) is 13.0. The van der Waals surface area contributed by atoms with Gasteiger partial charge in [0.05, 0.1) is 12.2 Å². The Balaban J connectivity index is 1.82. The zero-order valence-electron chi connectivity index (χ0n) is 12.2. The molecule has 0 amide bonds. The smallest absolute Gasteiger partial charge is 0.129 e. The van der Waals surface area contributed by atoms with Crippen LogP contribution in [0.2, 0.25) is 5.02 Å². The molecule has 2 heterocycles. The van der Waals surface area contributed by atoms with Gasteiger partial charge >= 0.3 is 0 Å². The second-order valence-corrected chi connectivity index (χ2v) is 6.46. The van der Waals surface area contributed by atoms with Crippen LogP contribution in [0.1, 0.15) is 30.9 Å². The molecule has 5 heteroatoms. The van der Waals surface area contributed by atoms with Gasteiger partial charge < -0.3 is 14.8 Å². The van der Waals surface area contributed by atoms with Crippen LogP contribution in [-0.4, -0.2) is 32.5 Å². The van der Waals surface area contributed by atoms with Gasteiger partial charge in [-0.1, -0.05) is 17.7 Å². The molecule has 2 aliphatic rings. The molecule has 3 nitrogen and oxygen atoms in total. The first-order valence-corrected chi connectivity index (χ1v) is 7.85. The monoisotopic (exact) mass is 313 g/mol. The molecule has 1 spiro atoms. The van der Waals surface area contributed by atoms with E-state index in [4.69, 9.17) is 21.1 Å². The summed E-state index contributed by atoms with van der Waals surface area (Å²) in [4.78, 5) is 0. The average Bonchev–Trinajstić information content (AvgIpc) is 2.90. The van der Waals surface area contributed by atoms with Crippen molar-refractivity contribution in [3.8, 4) is 0 Å². The molecular weight excluding hydrogens is 293 g/mol. The molecule has 0 saturated carbocycles. The number of nitrogens with one attached hydrogen (secondary N) is 1. The number of halogens is 2. The highest BCUT2D eigenvalue weighted by Gasteiger charge is 2.43. The molecule has 3 atom stereocenters. The minimum Gasteiger partial charge on any atom is -0.378 e. The van der Waals surface area contributed by atoms with Gasteiger partial charge in [-0.05, 0) is 37.9 Å². The van der Waals surface area contributed by atoms with E-state index in [1.165, 1.54) is 6.07 Å². The van der Waals surface area contributed by atoms with Gasteiger partial charge in [-0.15, -0.1) is 0 Å². The predicted molar refractivity (Wildman–Crippen MR) is 80.1 cm³/mol. The number of rotatable bonds is 3. The van der Waals surface area contributed by atoms with E-state index in [1.54, 1.807) is 12.1 Å². The highest BCUT2D eigenvalue weighted by Crippen LogP contribution is 2.41. The summed E-state index contributed by atoms with van der Waals surface area (Å²) in [7, 11) is 1.88. The minimum absolute atomic E-state index is 0.0244. The van der Waals surface area contributed by atoms with Crippen molar-refractivity contribution in [1.82, 2.24) is 5.32 Å². The summed E-state index contributed by atoms with van der Waals surface area (Å²) in [6.45, 7) is 2.12. The van der Waals surface area contributed by atoms with Crippen molar-refractivity contribution in [3.05, 3.63) is 34.6 Å². The van der Waals surface area contributed by atoms with Gasteiger partial charge in [0.15, 0.2) is 0 Å². The van der Waals surface area contributed by atoms with Crippen molar-refractivity contribution >= 4 is 11.6 Å². The molecule has 3 unspecified atom stereocenters. The third-order valence-corrected chi connectivity index (χ3v) is 4.91. The van der Waals surface area contributed by atoms with Crippen molar-refractivity contribution in [2.45, 2.75) is 30.9 Å². The fraction of sp³-hybridized carbons (Fsp3) is 0.625. The molecule has 1 aromatic rings. The molecule has 0 bridgehead atoms. The first kappa shape index (κ1) is 15.2. The van der Waals surface area contributed by atoms with Gasteiger partial charge in [-0.25, -0.2) is 4.39 Å². The van der Waals surface area contributed by atoms with Crippen molar-refractivity contribution in [3.63, 3.8) is 0 Å². The molecule has 0 aromatic heterocycles. The van der Waals surface area contributed by atoms with Crippen LogP contribution in [0.25, 0.3) is 0 Å². The maximum absolute atomic E-state index is 14.2. The Morgan fingerprint density at radius 1 is 1.43 bits per heavy atom. The molecule has 116 valence electrons. The standard InChI is InChI=1S/C16H21ClFNO2/c1-19-15(13-3-2-12(17)8-14(13)18)11-4-6-21-16(9-11)5-7-20-10-16/h2-3,8,11,15,19H,4-7,9-10H2,1H3. The largest absolute Gasteiger partial charge is 0.378 e. The van der Waals surface area contributed by atoms with Crippen molar-refractivity contribution in [1.29, 1.82) is 0 Å². The quantitative estimate of drug-likeness (QED) is 0.928. The number of hydrogen-bond acceptors (Lipinski definition) is 3. The van der Waals surface area contributed by atoms with Gasteiger partial charge in [0, 0.05) is 36.3 Å². The number of hydrogen-bond donors (Lipinski definition) is 1. The summed E-state index contributed by atoms with van der Waals surface area (Å²) in [6, 6.07) is 4.89. The fourth-order valence-electron chi connectivity index (χ4n) is 3.61. The van der Waals surface area contributed by atoms with Crippen LogP contribution in [0.3, 0.4) is 0 Å². The van der Waals surface area contributed by atoms with Gasteiger partial charge in [0.25, 0.3) is 0 Å². The summed E-state index contributed by atoms with van der Waals surface area (Å²) in [6.07, 6.45) is 2.76. The van der Waals surface area contributed by atoms with E-state index in [2.05, 4.69) is 5.32 Å². The summed E-state index contributed by atoms with van der Waals surface area (Å²) >= 11 is 5.85. The van der Waals surface area contributed by atoms with E-state index in [1.807, 2.05) is 7.05 Å². The Kier molecular flexibility index (Phi) is 4.50. The van der Waals surface area contributed by atoms with Gasteiger partial charge in [-0.3, -0.25) is 0 Å². The van der Waals surface area contributed by atoms with E-state index in [0.29, 0.717) is 29.7 Å². The summed E-state index contributed by atoms with van der Waals surface area (Å²) < 4.78 is 25.7. The van der Waals surface area contributed by atoms with Crippen molar-refractivity contribution in [2.75, 3.05) is 26.9 Å². The topological polar surface area (TPSA) is 30.5 Å².